The number of piperazine rings is 1. The van der Waals surface area contributed by atoms with Gasteiger partial charge < -0.3 is 49.4 Å². The van der Waals surface area contributed by atoms with Crippen LogP contribution < -0.4 is 35.1 Å². The summed E-state index contributed by atoms with van der Waals surface area (Å²) in [5.74, 6) is 0.189. The van der Waals surface area contributed by atoms with Gasteiger partial charge in [-0.1, -0.05) is 11.6 Å². The molecule has 444 valence electrons. The number of benzene rings is 1. The van der Waals surface area contributed by atoms with Gasteiger partial charge in [-0.15, -0.1) is 5.10 Å². The molecule has 3 aromatic rings. The van der Waals surface area contributed by atoms with E-state index in [0.29, 0.717) is 115 Å². The number of nitrogens with two attached hydrogens (primary N) is 1. The van der Waals surface area contributed by atoms with E-state index in [2.05, 4.69) is 30.6 Å². The van der Waals surface area contributed by atoms with E-state index in [1.54, 1.807) is 50.4 Å². The van der Waals surface area contributed by atoms with E-state index in [0.717, 1.165) is 0 Å². The number of nitrogens with zero attached hydrogens (tertiary/aromatic N) is 12. The molecule has 1 aromatic carbocycles. The Morgan fingerprint density at radius 2 is 1.50 bits per heavy atom. The number of ketones is 3. The van der Waals surface area contributed by atoms with Crippen molar-refractivity contribution in [3.05, 3.63) is 39.7 Å². The number of methoxy groups -OCH3 is 2. The van der Waals surface area contributed by atoms with Crippen molar-refractivity contribution >= 4 is 60.3 Å². The molecule has 1 aliphatic rings. The second-order valence-corrected chi connectivity index (χ2v) is 22.7. The highest BCUT2D eigenvalue weighted by molar-refractivity contribution is 7.58. The van der Waals surface area contributed by atoms with E-state index in [9.17, 15) is 43.4 Å². The zero-order valence-corrected chi connectivity index (χ0v) is 48.5. The first kappa shape index (κ1) is 65.6. The number of nitrogens with one attached hydrogen (secondary N) is 1. The van der Waals surface area contributed by atoms with Crippen LogP contribution in [0.5, 0.6) is 17.5 Å². The predicted octanol–water partition coefficient (Wildman–Crippen LogP) is 4.18. The molecule has 3 heterocycles. The number of alkyl carbamates (subject to hydrolysis) is 1. The van der Waals surface area contributed by atoms with Crippen molar-refractivity contribution in [3.8, 4) is 17.5 Å². The summed E-state index contributed by atoms with van der Waals surface area (Å²) >= 11 is 0. The molecule has 0 saturated carbocycles. The fourth-order valence-corrected chi connectivity index (χ4v) is 9.77. The molecule has 0 bridgehead atoms. The van der Waals surface area contributed by atoms with Gasteiger partial charge in [0.15, 0.2) is 11.5 Å². The Hall–Kier alpha value is -6.90. The number of carbonyl (C=O) groups excluding carboxylic acids is 6. The number of likely N-dealkylation sites (N-methyl/N-ethyl adjacent to an activating group) is 1. The van der Waals surface area contributed by atoms with E-state index in [4.69, 9.17) is 29.4 Å². The second kappa shape index (κ2) is 33.6. The number of hydrogen-bond acceptors (Lipinski definition) is 21. The number of aryl methyl sites for hydroxylation is 2. The van der Waals surface area contributed by atoms with E-state index in [-0.39, 0.29) is 116 Å². The van der Waals surface area contributed by atoms with Crippen LogP contribution in [0.4, 0.5) is 22.4 Å². The summed E-state index contributed by atoms with van der Waals surface area (Å²) in [6, 6.07) is 2.60. The first-order valence-electron chi connectivity index (χ1n) is 26.8. The van der Waals surface area contributed by atoms with Crippen LogP contribution in [0.1, 0.15) is 108 Å². The maximum Gasteiger partial charge on any atom is 0.407 e. The Morgan fingerprint density at radius 3 is 2.16 bits per heavy atom. The molecule has 3 amide bonds. The maximum atomic E-state index is 13.2. The minimum absolute atomic E-state index is 0.00586. The zero-order valence-electron chi connectivity index (χ0n) is 47.6. The number of rotatable bonds is 39. The molecule has 2 unspecified atom stereocenters. The van der Waals surface area contributed by atoms with Gasteiger partial charge in [-0.25, -0.2) is 14.1 Å². The normalized spacial score (nSPS) is 13.7. The molecule has 4 rings (SSSR count). The van der Waals surface area contributed by atoms with Crippen LogP contribution in [0.3, 0.4) is 0 Å². The number of unbranched alkanes of at least 4 members (excludes halogenated alkanes) is 3. The van der Waals surface area contributed by atoms with E-state index in [1.165, 1.54) is 43.1 Å². The van der Waals surface area contributed by atoms with Crippen LogP contribution in [0.15, 0.2) is 18.3 Å². The first-order valence-corrected chi connectivity index (χ1v) is 28.9. The summed E-state index contributed by atoms with van der Waals surface area (Å²) in [6.07, 6.45) is 5.13. The van der Waals surface area contributed by atoms with E-state index in [1.807, 2.05) is 9.57 Å². The highest BCUT2D eigenvalue weighted by Gasteiger charge is 2.33. The molecular formula is C51H81N14O14P. The summed E-state index contributed by atoms with van der Waals surface area (Å²) in [5, 5.41) is 23.0. The lowest BCUT2D eigenvalue weighted by Crippen LogP contribution is -2.47. The quantitative estimate of drug-likeness (QED) is 0.0350. The standard InChI is InChI=1S/C51H81N14O14P/c1-37(66)21-25-63-35-38(57-58-63)19-20-40(68)15-10-9-13-23-53-51(71)79-43(41-33-44(75-6)45(76-7)34-42(41)65(72)73)22-24-60(4)47(70)18-12-11-16-39(67)17-14-30-77-31-32-78-50-55-48(61(5)36-46(52)69)54-49(56-50)62-26-28-64(29-27-62)80(8,74)59(2)3/h33-35,43H,9-32,36H2,1-8H3,(H2,52,69)(H,53,71). The van der Waals surface area contributed by atoms with Crippen molar-refractivity contribution in [3.63, 3.8) is 0 Å². The molecule has 2 aromatic heterocycles. The lowest BCUT2D eigenvalue weighted by Gasteiger charge is -2.39. The Bertz CT molecular complexity index is 2580. The lowest BCUT2D eigenvalue weighted by atomic mass is 10.0. The summed E-state index contributed by atoms with van der Waals surface area (Å²) in [4.78, 5) is 104. The summed E-state index contributed by atoms with van der Waals surface area (Å²) in [7, 11) is 6.84. The number of anilines is 2. The molecule has 0 spiro atoms. The van der Waals surface area contributed by atoms with Crippen molar-refractivity contribution in [2.75, 3.05) is 125 Å². The zero-order chi connectivity index (χ0) is 58.8. The van der Waals surface area contributed by atoms with Gasteiger partial charge in [0.05, 0.1) is 49.6 Å². The Balaban J connectivity index is 1.17. The van der Waals surface area contributed by atoms with Gasteiger partial charge in [0.2, 0.25) is 31.2 Å². The first-order chi connectivity index (χ1) is 38.1. The van der Waals surface area contributed by atoms with Crippen LogP contribution in [0.2, 0.25) is 0 Å². The van der Waals surface area contributed by atoms with Crippen LogP contribution in [-0.4, -0.2) is 199 Å². The summed E-state index contributed by atoms with van der Waals surface area (Å²) in [6.45, 7) is 6.51. The van der Waals surface area contributed by atoms with Crippen LogP contribution >= 0.6 is 7.44 Å². The van der Waals surface area contributed by atoms with Gasteiger partial charge in [-0.05, 0) is 65.6 Å². The van der Waals surface area contributed by atoms with Crippen LogP contribution in [-0.2, 0) is 51.0 Å². The molecule has 0 aliphatic carbocycles. The average molecular weight is 1150 g/mol. The number of amides is 3. The molecule has 2 atom stereocenters. The number of ether oxygens (including phenoxy) is 5. The van der Waals surface area contributed by atoms with Gasteiger partial charge in [0, 0.05) is 124 Å². The van der Waals surface area contributed by atoms with Crippen molar-refractivity contribution in [1.29, 1.82) is 0 Å². The predicted molar refractivity (Wildman–Crippen MR) is 295 cm³/mol. The van der Waals surface area contributed by atoms with E-state index >= 15 is 0 Å². The smallest absolute Gasteiger partial charge is 0.407 e. The highest BCUT2D eigenvalue weighted by atomic mass is 31.2. The van der Waals surface area contributed by atoms with Gasteiger partial charge in [0.25, 0.3) is 5.69 Å². The summed E-state index contributed by atoms with van der Waals surface area (Å²) in [5.41, 5.74) is 5.78. The van der Waals surface area contributed by atoms with Crippen LogP contribution in [0.25, 0.3) is 0 Å². The largest absolute Gasteiger partial charge is 0.493 e. The number of primary amides is 1. The fourth-order valence-electron chi connectivity index (χ4n) is 8.34. The Kier molecular flexibility index (Phi) is 27.6. The van der Waals surface area contributed by atoms with E-state index < -0.39 is 30.5 Å². The van der Waals surface area contributed by atoms with Gasteiger partial charge in [0.1, 0.15) is 30.1 Å². The number of hydrogen-bond donors (Lipinski definition) is 2. The molecule has 0 radical (unpaired) electrons. The van der Waals surface area contributed by atoms with Crippen molar-refractivity contribution in [2.24, 2.45) is 5.73 Å². The second-order valence-electron chi connectivity index (χ2n) is 19.7. The molecule has 80 heavy (non-hydrogen) atoms. The average Bonchev–Trinajstić information content (AvgIpc) is 3.92. The maximum absolute atomic E-state index is 13.2. The number of nitro groups is 1. The third-order valence-corrected chi connectivity index (χ3v) is 16.2. The fraction of sp³-hybridized carbons (Fsp3) is 0.667. The van der Waals surface area contributed by atoms with Crippen molar-refractivity contribution in [2.45, 2.75) is 109 Å². The van der Waals surface area contributed by atoms with Crippen molar-refractivity contribution < 1.29 is 61.9 Å². The summed E-state index contributed by atoms with van der Waals surface area (Å²) < 4.78 is 46.5. The van der Waals surface area contributed by atoms with Crippen molar-refractivity contribution in [1.82, 2.24) is 49.5 Å². The monoisotopic (exact) mass is 1140 g/mol. The molecular weight excluding hydrogens is 1060 g/mol. The number of carbonyl (C=O) groups is 6. The minimum atomic E-state index is -2.67. The highest BCUT2D eigenvalue weighted by Crippen LogP contribution is 2.48. The van der Waals surface area contributed by atoms with Gasteiger partial charge in [-0.3, -0.25) is 43.3 Å². The molecule has 29 heteroatoms. The number of Topliss-reactive ketones (excluding diaryl/α,β-unsaturated/α-hetero) is 3. The molecule has 28 nitrogen and oxygen atoms in total. The third-order valence-electron chi connectivity index (χ3n) is 13.2. The molecule has 1 aliphatic heterocycles. The Labute approximate surface area is 467 Å². The van der Waals surface area contributed by atoms with Gasteiger partial charge >= 0.3 is 12.1 Å². The van der Waals surface area contributed by atoms with Crippen LogP contribution in [0, 0.1) is 10.1 Å². The topological polar surface area (TPSA) is 332 Å². The Morgan fingerprint density at radius 1 is 0.838 bits per heavy atom. The number of aromatic nitrogens is 6. The SMILES string of the molecule is COc1cc(C(CCN(C)C(=O)CCCCC(=O)CCCOCCOc2nc(N(C)CC(N)=O)nc(N3CCN(P(C)(=O)N(C)C)CC3)n2)OC(=O)NCCCCCC(=O)CCc2cn(CCC(C)=O)nn2)c([N+](=O)[O-])cc1OC. The number of nitro benzene ring substituents is 1. The molecule has 1 fully saturated rings. The molecule has 3 N–H and O–H groups in total. The third kappa shape index (κ3) is 22.3. The van der Waals surface area contributed by atoms with Gasteiger partial charge in [-0.2, -0.15) is 15.0 Å². The lowest BCUT2D eigenvalue weighted by molar-refractivity contribution is -0.386. The molecule has 1 saturated heterocycles. The minimum Gasteiger partial charge on any atom is -0.493 e.